The van der Waals surface area contributed by atoms with Gasteiger partial charge in [-0.15, -0.1) is 0 Å². The molecule has 2 heteroatoms. The third-order valence-corrected chi connectivity index (χ3v) is 0.224. The Hall–Kier alpha value is -0.265. The van der Waals surface area contributed by atoms with E-state index >= 15 is 0 Å². The van der Waals surface area contributed by atoms with Crippen LogP contribution in [-0.2, 0) is 0 Å². The summed E-state index contributed by atoms with van der Waals surface area (Å²) < 4.78 is 0. The maximum atomic E-state index is 3.49. The molecule has 0 aromatic rings. The van der Waals surface area contributed by atoms with E-state index < -0.39 is 0 Å². The monoisotopic (exact) mass is 55.1 g/mol. The van der Waals surface area contributed by atoms with Gasteiger partial charge in [-0.25, -0.2) is 0 Å². The van der Waals surface area contributed by atoms with Crippen molar-refractivity contribution in [2.45, 2.75) is 6.82 Å². The summed E-state index contributed by atoms with van der Waals surface area (Å²) >= 11 is 0. The van der Waals surface area contributed by atoms with Crippen molar-refractivity contribution in [3.8, 4) is 0 Å². The first-order valence-electron chi connectivity index (χ1n) is 1.34. The molecule has 0 radical (unpaired) electrons. The van der Waals surface area contributed by atoms with Gasteiger partial charge in [-0.3, -0.25) is 0 Å². The number of nitrogens with zero attached hydrogens (tertiary/aromatic N) is 1. The maximum Gasteiger partial charge on any atom is 0.257 e. The van der Waals surface area contributed by atoms with Gasteiger partial charge in [0.2, 0.25) is 0 Å². The van der Waals surface area contributed by atoms with Gasteiger partial charge < -0.3 is 4.90 Å². The van der Waals surface area contributed by atoms with Gasteiger partial charge in [0.15, 0.2) is 0 Å². The Morgan fingerprint density at radius 3 is 2.25 bits per heavy atom. The molecule has 0 aliphatic heterocycles. The quantitative estimate of drug-likeness (QED) is 0.297. The molecule has 0 rings (SSSR count). The minimum absolute atomic E-state index is 0.833. The molecule has 0 saturated heterocycles. The van der Waals surface area contributed by atoms with Gasteiger partial charge in [-0.1, -0.05) is 6.82 Å². The van der Waals surface area contributed by atoms with E-state index in [0.29, 0.717) is 0 Å². The third-order valence-electron chi connectivity index (χ3n) is 0.224. The molecule has 0 heterocycles. The minimum Gasteiger partial charge on any atom is -0.361 e. The van der Waals surface area contributed by atoms with E-state index in [1.165, 1.54) is 0 Å². The molecule has 0 spiro atoms. The molecule has 0 aliphatic rings. The second-order valence-corrected chi connectivity index (χ2v) is 0.540. The van der Waals surface area contributed by atoms with Crippen molar-refractivity contribution in [1.29, 1.82) is 0 Å². The Balaban J connectivity index is 2.30. The molecule has 0 fully saturated rings. The second kappa shape index (κ2) is 2.73. The zero-order valence-electron chi connectivity index (χ0n) is 2.86. The van der Waals surface area contributed by atoms with E-state index in [0.717, 1.165) is 7.41 Å². The molecule has 0 aliphatic carbocycles. The summed E-state index contributed by atoms with van der Waals surface area (Å²) in [5.74, 6) is 0. The Bertz CT molecular complexity index is 20.0. The molecular weight excluding hydrogens is 48.8 g/mol. The highest BCUT2D eigenvalue weighted by atomic mass is 14.5. The van der Waals surface area contributed by atoms with Crippen LogP contribution in [-0.4, -0.2) is 14.1 Å². The lowest BCUT2D eigenvalue weighted by molar-refractivity contribution is 1.89. The Kier molecular flexibility index (Phi) is 2.55. The van der Waals surface area contributed by atoms with Crippen LogP contribution < -0.4 is 0 Å². The van der Waals surface area contributed by atoms with Gasteiger partial charge >= 0.3 is 0 Å². The van der Waals surface area contributed by atoms with Gasteiger partial charge in [0.1, 0.15) is 0 Å². The van der Waals surface area contributed by atoms with Crippen molar-refractivity contribution < 1.29 is 0 Å². The van der Waals surface area contributed by atoms with Gasteiger partial charge in [0.25, 0.3) is 7.41 Å². The van der Waals surface area contributed by atoms with Crippen molar-refractivity contribution >= 4 is 14.1 Å². The highest BCUT2D eigenvalue weighted by Crippen LogP contribution is 1.45. The topological polar surface area (TPSA) is 12.4 Å². The SMILES string of the molecule is C=NBC. The van der Waals surface area contributed by atoms with E-state index in [2.05, 4.69) is 11.6 Å². The van der Waals surface area contributed by atoms with Crippen LogP contribution in [0.1, 0.15) is 0 Å². The maximum absolute atomic E-state index is 3.49. The average Bonchev–Trinajstić information content (AvgIpc) is 1.37. The summed E-state index contributed by atoms with van der Waals surface area (Å²) in [5.41, 5.74) is 0. The lowest BCUT2D eigenvalue weighted by Crippen LogP contribution is -1.62. The summed E-state index contributed by atoms with van der Waals surface area (Å²) in [4.78, 5) is 3.49. The fraction of sp³-hybridized carbons (Fsp3) is 0.500. The molecule has 0 saturated carbocycles. The molecule has 4 heavy (non-hydrogen) atoms. The molecule has 0 bridgehead atoms. The molecule has 0 unspecified atom stereocenters. The zero-order valence-corrected chi connectivity index (χ0v) is 2.86. The molecule has 0 aromatic carbocycles. The van der Waals surface area contributed by atoms with Gasteiger partial charge in [0.05, 0.1) is 0 Å². The lowest BCUT2D eigenvalue weighted by atomic mass is 10.0. The lowest BCUT2D eigenvalue weighted by Gasteiger charge is -1.56. The van der Waals surface area contributed by atoms with Crippen molar-refractivity contribution in [3.05, 3.63) is 0 Å². The molecule has 1 nitrogen and oxygen atoms in total. The van der Waals surface area contributed by atoms with Gasteiger partial charge in [-0.05, 0) is 6.72 Å². The van der Waals surface area contributed by atoms with Crippen molar-refractivity contribution in [2.75, 3.05) is 0 Å². The Morgan fingerprint density at radius 1 is 2.00 bits per heavy atom. The fourth-order valence-electron chi connectivity index (χ4n) is 0. The van der Waals surface area contributed by atoms with Crippen LogP contribution in [0, 0.1) is 0 Å². The first kappa shape index (κ1) is 3.73. The molecule has 0 amide bonds. The molecule has 0 N–H and O–H groups in total. The van der Waals surface area contributed by atoms with Crippen LogP contribution in [0.4, 0.5) is 0 Å². The van der Waals surface area contributed by atoms with Crippen LogP contribution in [0.15, 0.2) is 4.90 Å². The highest BCUT2D eigenvalue weighted by molar-refractivity contribution is 6.32. The van der Waals surface area contributed by atoms with Crippen LogP contribution in [0.5, 0.6) is 0 Å². The summed E-state index contributed by atoms with van der Waals surface area (Å²) in [6, 6.07) is 0. The van der Waals surface area contributed by atoms with Crippen molar-refractivity contribution in [2.24, 2.45) is 4.90 Å². The number of hydrogen-bond donors (Lipinski definition) is 0. The van der Waals surface area contributed by atoms with Gasteiger partial charge in [0, 0.05) is 0 Å². The Morgan fingerprint density at radius 2 is 2.25 bits per heavy atom. The Labute approximate surface area is 27.0 Å². The van der Waals surface area contributed by atoms with Gasteiger partial charge in [-0.2, -0.15) is 0 Å². The molecule has 22 valence electrons. The summed E-state index contributed by atoms with van der Waals surface area (Å²) in [6.07, 6.45) is 0. The average molecular weight is 54.9 g/mol. The molecular formula is C2H6BN. The third kappa shape index (κ3) is 1.73. The smallest absolute Gasteiger partial charge is 0.257 e. The fourth-order valence-corrected chi connectivity index (χ4v) is 0. The van der Waals surface area contributed by atoms with Crippen LogP contribution >= 0.6 is 0 Å². The van der Waals surface area contributed by atoms with E-state index in [1.54, 1.807) is 0 Å². The van der Waals surface area contributed by atoms with Crippen LogP contribution in [0.25, 0.3) is 0 Å². The summed E-state index contributed by atoms with van der Waals surface area (Å²) in [6.45, 7) is 5.18. The highest BCUT2D eigenvalue weighted by Gasteiger charge is 1.53. The van der Waals surface area contributed by atoms with Crippen LogP contribution in [0.3, 0.4) is 0 Å². The van der Waals surface area contributed by atoms with Crippen molar-refractivity contribution in [1.82, 2.24) is 0 Å². The predicted octanol–water partition coefficient (Wildman–Crippen LogP) is 0.0866. The summed E-state index contributed by atoms with van der Waals surface area (Å²) in [5, 5.41) is 0. The zero-order chi connectivity index (χ0) is 3.41. The first-order valence-corrected chi connectivity index (χ1v) is 1.34. The van der Waals surface area contributed by atoms with E-state index in [-0.39, 0.29) is 0 Å². The largest absolute Gasteiger partial charge is 0.361 e. The second-order valence-electron chi connectivity index (χ2n) is 0.540. The van der Waals surface area contributed by atoms with E-state index in [9.17, 15) is 0 Å². The summed E-state index contributed by atoms with van der Waals surface area (Å²) in [7, 11) is 0.833. The van der Waals surface area contributed by atoms with E-state index in [1.807, 2.05) is 6.82 Å². The standard InChI is InChI=1S/C2H6BN/c1-3-4-2/h3H,2H2,1H3. The first-order chi connectivity index (χ1) is 1.91. The van der Waals surface area contributed by atoms with E-state index in [4.69, 9.17) is 0 Å². The van der Waals surface area contributed by atoms with Crippen molar-refractivity contribution in [3.63, 3.8) is 0 Å². The molecule has 0 atom stereocenters. The normalized spacial score (nSPS) is 5.25. The van der Waals surface area contributed by atoms with Crippen LogP contribution in [0.2, 0.25) is 6.82 Å². The molecule has 0 aromatic heterocycles. The number of hydrogen-bond acceptors (Lipinski definition) is 1. The predicted molar refractivity (Wildman–Crippen MR) is 22.6 cm³/mol. The minimum atomic E-state index is 0.833. The number of rotatable bonds is 1.